The van der Waals surface area contributed by atoms with E-state index in [1.165, 1.54) is 5.56 Å². The lowest BCUT2D eigenvalue weighted by Gasteiger charge is -2.18. The first kappa shape index (κ1) is 11.1. The Bertz CT molecular complexity index is 605. The summed E-state index contributed by atoms with van der Waals surface area (Å²) in [5, 5.41) is 9.46. The van der Waals surface area contributed by atoms with Gasteiger partial charge in [-0.15, -0.1) is 0 Å². The molecule has 0 atom stereocenters. The Hall–Kier alpha value is -2.00. The second kappa shape index (κ2) is 4.35. The molecule has 0 aromatic heterocycles. The van der Waals surface area contributed by atoms with Gasteiger partial charge in [-0.3, -0.25) is 0 Å². The van der Waals surface area contributed by atoms with Crippen LogP contribution in [0, 0.1) is 6.92 Å². The average Bonchev–Trinajstić information content (AvgIpc) is 2.40. The van der Waals surface area contributed by atoms with E-state index >= 15 is 0 Å². The maximum absolute atomic E-state index is 9.46. The van der Waals surface area contributed by atoms with E-state index in [2.05, 4.69) is 24.3 Å². The quantitative estimate of drug-likeness (QED) is 0.771. The van der Waals surface area contributed by atoms with Crippen LogP contribution in [0.3, 0.4) is 0 Å². The zero-order valence-electron chi connectivity index (χ0n) is 10.1. The van der Waals surface area contributed by atoms with Crippen LogP contribution in [-0.4, -0.2) is 12.1 Å². The van der Waals surface area contributed by atoms with Crippen molar-refractivity contribution in [3.05, 3.63) is 59.6 Å². The Balaban J connectivity index is 2.12. The topological polar surface area (TPSA) is 29.5 Å². The summed E-state index contributed by atoms with van der Waals surface area (Å²) in [6, 6.07) is 14.4. The van der Waals surface area contributed by atoms with Crippen LogP contribution in [0.25, 0.3) is 17.2 Å². The van der Waals surface area contributed by atoms with E-state index in [1.807, 2.05) is 31.2 Å². The zero-order valence-corrected chi connectivity index (χ0v) is 10.1. The molecule has 0 amide bonds. The van der Waals surface area contributed by atoms with Crippen molar-refractivity contribution < 1.29 is 9.68 Å². The number of aryl methyl sites for hydroxylation is 1. The summed E-state index contributed by atoms with van der Waals surface area (Å²) in [5.74, 6) is 2.42. The Morgan fingerprint density at radius 1 is 1.06 bits per heavy atom. The molecule has 0 fully saturated rings. The van der Waals surface area contributed by atoms with Gasteiger partial charge in [-0.25, -0.2) is 0 Å². The molecule has 18 heavy (non-hydrogen) atoms. The van der Waals surface area contributed by atoms with Gasteiger partial charge < -0.3 is 9.68 Å². The number of hydrogen-bond donors (Lipinski definition) is 1. The maximum atomic E-state index is 9.46. The average molecular weight is 236 g/mol. The zero-order chi connectivity index (χ0) is 12.5. The fourth-order valence-electron chi connectivity index (χ4n) is 2.23. The van der Waals surface area contributed by atoms with Gasteiger partial charge in [0.25, 0.3) is 0 Å². The van der Waals surface area contributed by atoms with Gasteiger partial charge >= 0.3 is 7.12 Å². The third-order valence-electron chi connectivity index (χ3n) is 3.09. The number of fused-ring (bicyclic) bond motifs is 1. The predicted molar refractivity (Wildman–Crippen MR) is 74.2 cm³/mol. The minimum atomic E-state index is -0.834. The number of rotatable bonds is 1. The highest BCUT2D eigenvalue weighted by atomic mass is 16.5. The maximum Gasteiger partial charge on any atom is 0.552 e. The van der Waals surface area contributed by atoms with Crippen molar-refractivity contribution in [2.75, 3.05) is 0 Å². The molecule has 1 aliphatic rings. The predicted octanol–water partition coefficient (Wildman–Crippen LogP) is 3.09. The SMILES string of the molecule is Cc1cc(-c2ccccc2)cc2c1OB(O)C=C2. The first-order valence-electron chi connectivity index (χ1n) is 5.97. The lowest BCUT2D eigenvalue weighted by atomic mass is 9.85. The molecule has 0 radical (unpaired) electrons. The van der Waals surface area contributed by atoms with Crippen molar-refractivity contribution in [3.8, 4) is 16.9 Å². The van der Waals surface area contributed by atoms with Crippen LogP contribution >= 0.6 is 0 Å². The van der Waals surface area contributed by atoms with Crippen molar-refractivity contribution in [1.29, 1.82) is 0 Å². The van der Waals surface area contributed by atoms with Gasteiger partial charge in [0.05, 0.1) is 0 Å². The standard InChI is InChI=1S/C15H13BO2/c1-11-9-14(12-5-3-2-4-6-12)10-13-7-8-16(17)18-15(11)13/h2-10,17H,1H3. The first-order valence-corrected chi connectivity index (χ1v) is 5.97. The molecule has 0 aliphatic carbocycles. The molecule has 0 spiro atoms. The van der Waals surface area contributed by atoms with E-state index in [-0.39, 0.29) is 0 Å². The monoisotopic (exact) mass is 236 g/mol. The molecule has 0 unspecified atom stereocenters. The minimum absolute atomic E-state index is 0.768. The Morgan fingerprint density at radius 2 is 1.83 bits per heavy atom. The fourth-order valence-corrected chi connectivity index (χ4v) is 2.23. The molecule has 2 aromatic rings. The van der Waals surface area contributed by atoms with E-state index in [0.717, 1.165) is 22.4 Å². The van der Waals surface area contributed by atoms with Crippen molar-refractivity contribution in [1.82, 2.24) is 0 Å². The van der Waals surface area contributed by atoms with Crippen LogP contribution in [0.15, 0.2) is 48.4 Å². The lowest BCUT2D eigenvalue weighted by molar-refractivity contribution is 0.427. The molecule has 1 heterocycles. The summed E-state index contributed by atoms with van der Waals surface area (Å²) in [5.41, 5.74) is 4.40. The number of benzene rings is 2. The van der Waals surface area contributed by atoms with Gasteiger partial charge in [-0.2, -0.15) is 0 Å². The van der Waals surface area contributed by atoms with Crippen molar-refractivity contribution in [2.45, 2.75) is 6.92 Å². The normalized spacial score (nSPS) is 13.1. The highest BCUT2D eigenvalue weighted by Crippen LogP contribution is 2.33. The van der Waals surface area contributed by atoms with E-state index in [0.29, 0.717) is 0 Å². The van der Waals surface area contributed by atoms with Crippen LogP contribution in [0.4, 0.5) is 0 Å². The molecular formula is C15H13BO2. The molecule has 1 aliphatic heterocycles. The molecule has 3 heteroatoms. The molecule has 0 saturated carbocycles. The first-order chi connectivity index (χ1) is 8.74. The summed E-state index contributed by atoms with van der Waals surface area (Å²) in [4.78, 5) is 0. The van der Waals surface area contributed by atoms with Gasteiger partial charge in [-0.05, 0) is 41.7 Å². The van der Waals surface area contributed by atoms with Crippen LogP contribution < -0.4 is 4.65 Å². The molecule has 0 bridgehead atoms. The largest absolute Gasteiger partial charge is 0.552 e. The van der Waals surface area contributed by atoms with Crippen molar-refractivity contribution in [2.24, 2.45) is 0 Å². The molecule has 2 aromatic carbocycles. The third kappa shape index (κ3) is 1.93. The fraction of sp³-hybridized carbons (Fsp3) is 0.0667. The van der Waals surface area contributed by atoms with Gasteiger partial charge in [-0.1, -0.05) is 36.4 Å². The van der Waals surface area contributed by atoms with Gasteiger partial charge in [0.1, 0.15) is 5.75 Å². The summed E-state index contributed by atoms with van der Waals surface area (Å²) in [7, 11) is -0.834. The van der Waals surface area contributed by atoms with E-state index < -0.39 is 7.12 Å². The van der Waals surface area contributed by atoms with Crippen LogP contribution in [0.5, 0.6) is 5.75 Å². The number of hydrogen-bond acceptors (Lipinski definition) is 2. The van der Waals surface area contributed by atoms with E-state index in [4.69, 9.17) is 4.65 Å². The van der Waals surface area contributed by atoms with Gasteiger partial charge in [0.2, 0.25) is 0 Å². The van der Waals surface area contributed by atoms with E-state index in [1.54, 1.807) is 5.98 Å². The Labute approximate surface area is 107 Å². The molecule has 2 nitrogen and oxygen atoms in total. The van der Waals surface area contributed by atoms with Crippen molar-refractivity contribution in [3.63, 3.8) is 0 Å². The third-order valence-corrected chi connectivity index (χ3v) is 3.09. The Kier molecular flexibility index (Phi) is 2.69. The summed E-state index contributed by atoms with van der Waals surface area (Å²) < 4.78 is 5.42. The lowest BCUT2D eigenvalue weighted by Crippen LogP contribution is -2.22. The van der Waals surface area contributed by atoms with Crippen LogP contribution in [-0.2, 0) is 0 Å². The van der Waals surface area contributed by atoms with E-state index in [9.17, 15) is 5.02 Å². The summed E-state index contributed by atoms with van der Waals surface area (Å²) in [6.07, 6.45) is 1.91. The Morgan fingerprint density at radius 3 is 2.61 bits per heavy atom. The van der Waals surface area contributed by atoms with Crippen LogP contribution in [0.2, 0.25) is 0 Å². The molecule has 3 rings (SSSR count). The molecule has 88 valence electrons. The highest BCUT2D eigenvalue weighted by Gasteiger charge is 2.20. The molecule has 1 N–H and O–H groups in total. The smallest absolute Gasteiger partial charge is 0.532 e. The molecular weight excluding hydrogens is 223 g/mol. The van der Waals surface area contributed by atoms with Gasteiger partial charge in [0.15, 0.2) is 0 Å². The second-order valence-electron chi connectivity index (χ2n) is 4.45. The highest BCUT2D eigenvalue weighted by molar-refractivity contribution is 6.51. The van der Waals surface area contributed by atoms with Crippen molar-refractivity contribution >= 4 is 13.2 Å². The van der Waals surface area contributed by atoms with Crippen LogP contribution in [0.1, 0.15) is 11.1 Å². The minimum Gasteiger partial charge on any atom is -0.532 e. The summed E-state index contributed by atoms with van der Waals surface area (Å²) >= 11 is 0. The summed E-state index contributed by atoms with van der Waals surface area (Å²) in [6.45, 7) is 2.00. The molecule has 0 saturated heterocycles. The van der Waals surface area contributed by atoms with Gasteiger partial charge in [0, 0.05) is 5.56 Å². The second-order valence-corrected chi connectivity index (χ2v) is 4.45.